The van der Waals surface area contributed by atoms with Crippen LogP contribution < -0.4 is 10.6 Å². The fraction of sp³-hybridized carbons (Fsp3) is 0.333. The van der Waals surface area contributed by atoms with Gasteiger partial charge in [-0.1, -0.05) is 43.3 Å². The van der Waals surface area contributed by atoms with Gasteiger partial charge in [0.15, 0.2) is 5.96 Å². The van der Waals surface area contributed by atoms with E-state index >= 15 is 0 Å². The molecule has 3 aromatic rings. The molecule has 0 aliphatic heterocycles. The van der Waals surface area contributed by atoms with Crippen molar-refractivity contribution in [3.8, 4) is 0 Å². The Kier molecular flexibility index (Phi) is 8.57. The van der Waals surface area contributed by atoms with E-state index in [-0.39, 0.29) is 24.0 Å². The number of fused-ring (bicyclic) bond motifs is 1. The maximum Gasteiger partial charge on any atom is 0.191 e. The van der Waals surface area contributed by atoms with Crippen LogP contribution >= 0.6 is 24.0 Å². The number of aromatic nitrogens is 2. The van der Waals surface area contributed by atoms with Crippen molar-refractivity contribution in [2.45, 2.75) is 33.2 Å². The zero-order valence-corrected chi connectivity index (χ0v) is 18.3. The number of guanidine groups is 1. The molecular formula is C21H28IN5. The molecule has 5 nitrogen and oxygen atoms in total. The zero-order valence-electron chi connectivity index (χ0n) is 16.0. The molecule has 1 aromatic heterocycles. The van der Waals surface area contributed by atoms with Gasteiger partial charge in [0.1, 0.15) is 5.82 Å². The Balaban J connectivity index is 0.00000261. The van der Waals surface area contributed by atoms with Crippen molar-refractivity contribution < 1.29 is 0 Å². The number of nitrogens with one attached hydrogen (secondary N) is 3. The van der Waals surface area contributed by atoms with E-state index in [0.29, 0.717) is 6.54 Å². The summed E-state index contributed by atoms with van der Waals surface area (Å²) >= 11 is 0. The summed E-state index contributed by atoms with van der Waals surface area (Å²) < 4.78 is 0. The number of para-hydroxylation sites is 2. The molecule has 0 aliphatic carbocycles. The average Bonchev–Trinajstić information content (AvgIpc) is 3.09. The molecule has 0 amide bonds. The molecule has 1 heterocycles. The second kappa shape index (κ2) is 10.9. The van der Waals surface area contributed by atoms with Gasteiger partial charge in [0, 0.05) is 19.5 Å². The van der Waals surface area contributed by atoms with Crippen molar-refractivity contribution in [1.29, 1.82) is 0 Å². The molecule has 0 radical (unpaired) electrons. The number of halogens is 1. The number of hydrogen-bond acceptors (Lipinski definition) is 2. The Labute approximate surface area is 178 Å². The highest BCUT2D eigenvalue weighted by atomic mass is 127. The minimum absolute atomic E-state index is 0. The number of benzene rings is 2. The van der Waals surface area contributed by atoms with Crippen LogP contribution in [-0.4, -0.2) is 29.0 Å². The van der Waals surface area contributed by atoms with Gasteiger partial charge in [0.2, 0.25) is 0 Å². The lowest BCUT2D eigenvalue weighted by Gasteiger charge is -2.11. The highest BCUT2D eigenvalue weighted by molar-refractivity contribution is 14.0. The molecule has 3 rings (SSSR count). The normalized spacial score (nSPS) is 11.3. The lowest BCUT2D eigenvalue weighted by molar-refractivity contribution is 0.779. The number of aromatic amines is 1. The lowest BCUT2D eigenvalue weighted by atomic mass is 10.1. The standard InChI is InChI=1S/C21H27N5.HI/c1-3-16-9-5-6-10-17(16)15-24-21(22-4-2)23-14-13-20-25-18-11-7-8-12-19(18)26-20;/h5-12H,3-4,13-15H2,1-2H3,(H,25,26)(H2,22,23,24);1H. The van der Waals surface area contributed by atoms with Crippen LogP contribution in [-0.2, 0) is 19.4 Å². The zero-order chi connectivity index (χ0) is 18.2. The second-order valence-corrected chi connectivity index (χ2v) is 6.19. The van der Waals surface area contributed by atoms with Gasteiger partial charge in [-0.2, -0.15) is 0 Å². The third-order valence-electron chi connectivity index (χ3n) is 4.34. The Morgan fingerprint density at radius 3 is 2.48 bits per heavy atom. The maximum absolute atomic E-state index is 4.73. The summed E-state index contributed by atoms with van der Waals surface area (Å²) in [6.45, 7) is 6.56. The van der Waals surface area contributed by atoms with Gasteiger partial charge in [-0.05, 0) is 36.6 Å². The van der Waals surface area contributed by atoms with Crippen LogP contribution in [0.5, 0.6) is 0 Å². The van der Waals surface area contributed by atoms with Crippen LogP contribution in [0.3, 0.4) is 0 Å². The number of imidazole rings is 1. The predicted molar refractivity (Wildman–Crippen MR) is 124 cm³/mol. The van der Waals surface area contributed by atoms with Gasteiger partial charge < -0.3 is 15.6 Å². The monoisotopic (exact) mass is 477 g/mol. The van der Waals surface area contributed by atoms with Crippen molar-refractivity contribution >= 4 is 41.0 Å². The van der Waals surface area contributed by atoms with Crippen LogP contribution in [0.1, 0.15) is 30.8 Å². The van der Waals surface area contributed by atoms with Gasteiger partial charge in [-0.25, -0.2) is 9.98 Å². The Morgan fingerprint density at radius 2 is 1.74 bits per heavy atom. The van der Waals surface area contributed by atoms with E-state index < -0.39 is 0 Å². The van der Waals surface area contributed by atoms with Gasteiger partial charge in [0.05, 0.1) is 17.6 Å². The average molecular weight is 477 g/mol. The summed E-state index contributed by atoms with van der Waals surface area (Å²) in [6, 6.07) is 16.6. The summed E-state index contributed by atoms with van der Waals surface area (Å²) in [5, 5.41) is 6.71. The summed E-state index contributed by atoms with van der Waals surface area (Å²) in [7, 11) is 0. The number of hydrogen-bond donors (Lipinski definition) is 3. The predicted octanol–water partition coefficient (Wildman–Crippen LogP) is 4.04. The van der Waals surface area contributed by atoms with E-state index in [1.165, 1.54) is 11.1 Å². The minimum Gasteiger partial charge on any atom is -0.357 e. The summed E-state index contributed by atoms with van der Waals surface area (Å²) in [6.07, 6.45) is 1.85. The van der Waals surface area contributed by atoms with E-state index in [1.807, 2.05) is 18.2 Å². The van der Waals surface area contributed by atoms with E-state index in [0.717, 1.165) is 48.7 Å². The van der Waals surface area contributed by atoms with Crippen LogP contribution in [0.4, 0.5) is 0 Å². The van der Waals surface area contributed by atoms with Crippen molar-refractivity contribution in [2.24, 2.45) is 4.99 Å². The number of aryl methyl sites for hydroxylation is 1. The first kappa shape index (κ1) is 21.2. The quantitative estimate of drug-likeness (QED) is 0.274. The highest BCUT2D eigenvalue weighted by Crippen LogP contribution is 2.11. The van der Waals surface area contributed by atoms with E-state index in [2.05, 4.69) is 64.8 Å². The molecule has 0 bridgehead atoms. The Morgan fingerprint density at radius 1 is 1.00 bits per heavy atom. The first-order valence-electron chi connectivity index (χ1n) is 9.32. The number of nitrogens with zero attached hydrogens (tertiary/aromatic N) is 2. The largest absolute Gasteiger partial charge is 0.357 e. The van der Waals surface area contributed by atoms with Crippen molar-refractivity contribution in [3.63, 3.8) is 0 Å². The highest BCUT2D eigenvalue weighted by Gasteiger charge is 2.04. The Bertz CT molecular complexity index is 839. The van der Waals surface area contributed by atoms with Gasteiger partial charge in [-0.15, -0.1) is 24.0 Å². The maximum atomic E-state index is 4.73. The van der Waals surface area contributed by atoms with Gasteiger partial charge in [-0.3, -0.25) is 0 Å². The van der Waals surface area contributed by atoms with Crippen molar-refractivity contribution in [1.82, 2.24) is 20.6 Å². The van der Waals surface area contributed by atoms with Gasteiger partial charge >= 0.3 is 0 Å². The molecule has 0 aliphatic rings. The molecule has 0 saturated carbocycles. The van der Waals surface area contributed by atoms with Crippen LogP contribution in [0, 0.1) is 0 Å². The summed E-state index contributed by atoms with van der Waals surface area (Å²) in [4.78, 5) is 12.7. The molecule has 144 valence electrons. The fourth-order valence-corrected chi connectivity index (χ4v) is 2.99. The summed E-state index contributed by atoms with van der Waals surface area (Å²) in [5.41, 5.74) is 4.73. The van der Waals surface area contributed by atoms with Crippen molar-refractivity contribution in [2.75, 3.05) is 13.1 Å². The van der Waals surface area contributed by atoms with E-state index in [4.69, 9.17) is 4.99 Å². The first-order chi connectivity index (χ1) is 12.8. The van der Waals surface area contributed by atoms with Gasteiger partial charge in [0.25, 0.3) is 0 Å². The van der Waals surface area contributed by atoms with Crippen molar-refractivity contribution in [3.05, 3.63) is 65.5 Å². The third kappa shape index (κ3) is 5.95. The molecule has 0 saturated heterocycles. The Hall–Kier alpha value is -2.09. The minimum atomic E-state index is 0. The van der Waals surface area contributed by atoms with Crippen LogP contribution in [0.25, 0.3) is 11.0 Å². The number of aliphatic imine (C=N–C) groups is 1. The van der Waals surface area contributed by atoms with Crippen LogP contribution in [0.2, 0.25) is 0 Å². The number of rotatable bonds is 7. The topological polar surface area (TPSA) is 65.1 Å². The lowest BCUT2D eigenvalue weighted by Crippen LogP contribution is -2.38. The SMILES string of the molecule is CCNC(=NCc1ccccc1CC)NCCc1nc2ccccc2[nH]1.I. The molecule has 0 spiro atoms. The molecule has 3 N–H and O–H groups in total. The molecule has 0 atom stereocenters. The molecule has 6 heteroatoms. The van der Waals surface area contributed by atoms with E-state index in [9.17, 15) is 0 Å². The van der Waals surface area contributed by atoms with E-state index in [1.54, 1.807) is 0 Å². The molecule has 0 fully saturated rings. The van der Waals surface area contributed by atoms with Crippen LogP contribution in [0.15, 0.2) is 53.5 Å². The first-order valence-corrected chi connectivity index (χ1v) is 9.32. The third-order valence-corrected chi connectivity index (χ3v) is 4.34. The fourth-order valence-electron chi connectivity index (χ4n) is 2.99. The molecule has 0 unspecified atom stereocenters. The number of H-pyrrole nitrogens is 1. The second-order valence-electron chi connectivity index (χ2n) is 6.19. The molecular weight excluding hydrogens is 449 g/mol. The molecule has 2 aromatic carbocycles. The smallest absolute Gasteiger partial charge is 0.191 e. The molecule has 27 heavy (non-hydrogen) atoms. The summed E-state index contributed by atoms with van der Waals surface area (Å²) in [5.74, 6) is 1.83.